The Kier molecular flexibility index (Phi) is 3.41. The molecule has 1 aromatic carbocycles. The van der Waals surface area contributed by atoms with Crippen molar-refractivity contribution in [1.82, 2.24) is 9.97 Å². The molecule has 0 radical (unpaired) electrons. The maximum Gasteiger partial charge on any atom is 0.433 e. The molecular weight excluding hydrogens is 286 g/mol. The monoisotopic (exact) mass is 292 g/mol. The van der Waals surface area contributed by atoms with E-state index in [1.807, 2.05) is 0 Å². The molecule has 0 atom stereocenters. The summed E-state index contributed by atoms with van der Waals surface area (Å²) in [7, 11) is 0. The topological polar surface area (TPSA) is 25.8 Å². The molecule has 0 amide bonds. The summed E-state index contributed by atoms with van der Waals surface area (Å²) in [5.41, 5.74) is -3.18. The van der Waals surface area contributed by atoms with Crippen molar-refractivity contribution in [3.8, 4) is 11.4 Å². The molecule has 0 aliphatic heterocycles. The highest BCUT2D eigenvalue weighted by Gasteiger charge is 2.39. The van der Waals surface area contributed by atoms with Crippen molar-refractivity contribution in [2.45, 2.75) is 12.4 Å². The molecule has 0 saturated heterocycles. The van der Waals surface area contributed by atoms with Crippen molar-refractivity contribution in [2.75, 3.05) is 0 Å². The highest BCUT2D eigenvalue weighted by molar-refractivity contribution is 5.55. The van der Waals surface area contributed by atoms with E-state index in [1.54, 1.807) is 6.07 Å². The van der Waals surface area contributed by atoms with Gasteiger partial charge in [0.2, 0.25) is 0 Å². The van der Waals surface area contributed by atoms with Crippen LogP contribution in [-0.2, 0) is 12.4 Å². The fraction of sp³-hybridized carbons (Fsp3) is 0.167. The van der Waals surface area contributed by atoms with Crippen LogP contribution in [0.15, 0.2) is 36.4 Å². The molecule has 0 unspecified atom stereocenters. The number of halogens is 6. The van der Waals surface area contributed by atoms with Crippen LogP contribution in [0.5, 0.6) is 0 Å². The predicted octanol–water partition coefficient (Wildman–Crippen LogP) is 4.18. The van der Waals surface area contributed by atoms with Crippen LogP contribution in [0.3, 0.4) is 0 Å². The molecule has 2 aromatic rings. The normalized spacial score (nSPS) is 12.5. The maximum absolute atomic E-state index is 12.6. The van der Waals surface area contributed by atoms with E-state index >= 15 is 0 Å². The van der Waals surface area contributed by atoms with E-state index in [1.165, 1.54) is 24.3 Å². The fourth-order valence-corrected chi connectivity index (χ4v) is 1.45. The van der Waals surface area contributed by atoms with E-state index < -0.39 is 29.6 Å². The fourth-order valence-electron chi connectivity index (χ4n) is 1.45. The summed E-state index contributed by atoms with van der Waals surface area (Å²) >= 11 is 0. The number of alkyl halides is 6. The molecule has 106 valence electrons. The summed E-state index contributed by atoms with van der Waals surface area (Å²) in [4.78, 5) is 6.30. The number of hydrogen-bond acceptors (Lipinski definition) is 2. The van der Waals surface area contributed by atoms with Crippen LogP contribution in [-0.4, -0.2) is 9.97 Å². The average molecular weight is 292 g/mol. The Morgan fingerprint density at radius 2 is 1.15 bits per heavy atom. The minimum Gasteiger partial charge on any atom is -0.224 e. The van der Waals surface area contributed by atoms with Gasteiger partial charge in [-0.3, -0.25) is 0 Å². The van der Waals surface area contributed by atoms with Crippen molar-refractivity contribution < 1.29 is 26.3 Å². The van der Waals surface area contributed by atoms with Gasteiger partial charge >= 0.3 is 12.4 Å². The first kappa shape index (κ1) is 14.3. The molecule has 0 aliphatic carbocycles. The number of benzene rings is 1. The quantitative estimate of drug-likeness (QED) is 0.737. The maximum atomic E-state index is 12.6. The minimum absolute atomic E-state index is 0.0732. The van der Waals surface area contributed by atoms with E-state index in [2.05, 4.69) is 9.97 Å². The Hall–Kier alpha value is -2.12. The molecule has 0 spiro atoms. The third-order valence-corrected chi connectivity index (χ3v) is 2.34. The van der Waals surface area contributed by atoms with Gasteiger partial charge in [0.05, 0.1) is 0 Å². The lowest BCUT2D eigenvalue weighted by molar-refractivity contribution is -0.147. The van der Waals surface area contributed by atoms with Crippen molar-refractivity contribution in [3.63, 3.8) is 0 Å². The summed E-state index contributed by atoms with van der Waals surface area (Å²) in [5, 5.41) is 0. The van der Waals surface area contributed by atoms with Crippen molar-refractivity contribution in [3.05, 3.63) is 47.8 Å². The van der Waals surface area contributed by atoms with Crippen LogP contribution in [0.25, 0.3) is 11.4 Å². The summed E-state index contributed by atoms with van der Waals surface area (Å²) in [6.07, 6.45) is -9.96. The van der Waals surface area contributed by atoms with Crippen molar-refractivity contribution >= 4 is 0 Å². The highest BCUT2D eigenvalue weighted by Crippen LogP contribution is 2.34. The molecule has 1 aromatic heterocycles. The molecule has 8 heteroatoms. The second-order valence-corrected chi connectivity index (χ2v) is 3.82. The number of hydrogen-bond donors (Lipinski definition) is 0. The van der Waals surface area contributed by atoms with Gasteiger partial charge < -0.3 is 0 Å². The zero-order valence-electron chi connectivity index (χ0n) is 9.63. The Morgan fingerprint density at radius 3 is 1.55 bits per heavy atom. The molecule has 0 N–H and O–H groups in total. The third-order valence-electron chi connectivity index (χ3n) is 2.34. The van der Waals surface area contributed by atoms with Crippen LogP contribution in [0.2, 0.25) is 0 Å². The summed E-state index contributed by atoms with van der Waals surface area (Å²) in [5.74, 6) is -0.618. The Balaban J connectivity index is 2.64. The summed E-state index contributed by atoms with van der Waals surface area (Å²) in [6, 6.07) is 7.05. The van der Waals surface area contributed by atoms with Crippen molar-refractivity contribution in [1.29, 1.82) is 0 Å². The van der Waals surface area contributed by atoms with Crippen LogP contribution >= 0.6 is 0 Å². The van der Waals surface area contributed by atoms with Gasteiger partial charge in [-0.2, -0.15) is 26.3 Å². The molecule has 0 bridgehead atoms. The molecule has 0 saturated carbocycles. The first-order valence-electron chi connectivity index (χ1n) is 5.27. The minimum atomic E-state index is -4.98. The van der Waals surface area contributed by atoms with E-state index in [4.69, 9.17) is 0 Å². The molecular formula is C12H6F6N2. The van der Waals surface area contributed by atoms with Gasteiger partial charge in [-0.15, -0.1) is 0 Å². The SMILES string of the molecule is FC(F)(F)c1cc(C(F)(F)F)nc(-c2ccccc2)n1. The van der Waals surface area contributed by atoms with Gasteiger partial charge in [-0.25, -0.2) is 9.97 Å². The first-order chi connectivity index (χ1) is 9.18. The lowest BCUT2D eigenvalue weighted by Gasteiger charge is -2.12. The Bertz CT molecular complexity index is 571. The van der Waals surface area contributed by atoms with Gasteiger partial charge in [-0.05, 0) is 6.07 Å². The highest BCUT2D eigenvalue weighted by atomic mass is 19.4. The third kappa shape index (κ3) is 3.06. The van der Waals surface area contributed by atoms with E-state index in [-0.39, 0.29) is 11.6 Å². The van der Waals surface area contributed by atoms with E-state index in [9.17, 15) is 26.3 Å². The Labute approximate surface area is 109 Å². The smallest absolute Gasteiger partial charge is 0.224 e. The van der Waals surface area contributed by atoms with E-state index in [0.717, 1.165) is 0 Å². The van der Waals surface area contributed by atoms with Crippen LogP contribution in [0.1, 0.15) is 11.4 Å². The number of aromatic nitrogens is 2. The number of nitrogens with zero attached hydrogens (tertiary/aromatic N) is 2. The molecule has 0 fully saturated rings. The lowest BCUT2D eigenvalue weighted by Crippen LogP contribution is -2.15. The Morgan fingerprint density at radius 1 is 0.700 bits per heavy atom. The van der Waals surface area contributed by atoms with E-state index in [0.29, 0.717) is 0 Å². The van der Waals surface area contributed by atoms with Crippen LogP contribution in [0.4, 0.5) is 26.3 Å². The molecule has 20 heavy (non-hydrogen) atoms. The van der Waals surface area contributed by atoms with Crippen LogP contribution in [0, 0.1) is 0 Å². The standard InChI is InChI=1S/C12H6F6N2/c13-11(14,15)8-6-9(12(16,17)18)20-10(19-8)7-4-2-1-3-5-7/h1-6H. The lowest BCUT2D eigenvalue weighted by atomic mass is 10.2. The average Bonchev–Trinajstić information content (AvgIpc) is 2.37. The van der Waals surface area contributed by atoms with Crippen molar-refractivity contribution in [2.24, 2.45) is 0 Å². The largest absolute Gasteiger partial charge is 0.433 e. The van der Waals surface area contributed by atoms with Gasteiger partial charge in [0.25, 0.3) is 0 Å². The zero-order chi connectivity index (χ0) is 15.0. The summed E-state index contributed by atoms with van der Waals surface area (Å²) in [6.45, 7) is 0. The summed E-state index contributed by atoms with van der Waals surface area (Å²) < 4.78 is 75.6. The van der Waals surface area contributed by atoms with Gasteiger partial charge in [0.1, 0.15) is 11.4 Å². The molecule has 1 heterocycles. The van der Waals surface area contributed by atoms with Gasteiger partial charge in [0, 0.05) is 5.56 Å². The second-order valence-electron chi connectivity index (χ2n) is 3.82. The molecule has 0 aliphatic rings. The van der Waals surface area contributed by atoms with Gasteiger partial charge in [-0.1, -0.05) is 30.3 Å². The molecule has 2 nitrogen and oxygen atoms in total. The predicted molar refractivity (Wildman–Crippen MR) is 57.5 cm³/mol. The number of rotatable bonds is 1. The molecule has 2 rings (SSSR count). The zero-order valence-corrected chi connectivity index (χ0v) is 9.63. The second kappa shape index (κ2) is 4.77. The van der Waals surface area contributed by atoms with Gasteiger partial charge in [0.15, 0.2) is 5.82 Å². The van der Waals surface area contributed by atoms with Crippen LogP contribution < -0.4 is 0 Å². The first-order valence-corrected chi connectivity index (χ1v) is 5.27.